The smallest absolute Gasteiger partial charge is 0.224 e. The quantitative estimate of drug-likeness (QED) is 0.769. The molecular weight excluding hydrogens is 297 g/mol. The molecule has 0 radical (unpaired) electrons. The van der Waals surface area contributed by atoms with Crippen molar-refractivity contribution in [1.82, 2.24) is 0 Å². The number of hydrogen-bond donors (Lipinski definition) is 2. The zero-order valence-corrected chi connectivity index (χ0v) is 13.0. The van der Waals surface area contributed by atoms with E-state index in [1.54, 1.807) is 18.2 Å². The van der Waals surface area contributed by atoms with Gasteiger partial charge in [-0.2, -0.15) is 0 Å². The van der Waals surface area contributed by atoms with Crippen molar-refractivity contribution in [3.63, 3.8) is 0 Å². The first-order valence-corrected chi connectivity index (χ1v) is 7.47. The SMILES string of the molecule is Cc1ccc(CO)cc1NC(=O)CCCOc1cccc(F)c1. The zero-order chi connectivity index (χ0) is 16.7. The Hall–Kier alpha value is -2.40. The maximum atomic E-state index is 13.0. The molecule has 0 fully saturated rings. The molecule has 4 nitrogen and oxygen atoms in total. The molecule has 2 N–H and O–H groups in total. The maximum Gasteiger partial charge on any atom is 0.224 e. The van der Waals surface area contributed by atoms with Gasteiger partial charge < -0.3 is 15.2 Å². The van der Waals surface area contributed by atoms with E-state index in [0.717, 1.165) is 11.1 Å². The number of aliphatic hydroxyl groups excluding tert-OH is 1. The Kier molecular flexibility index (Phi) is 6.11. The first-order valence-electron chi connectivity index (χ1n) is 7.47. The standard InChI is InChI=1S/C18H20FNO3/c1-13-7-8-14(12-21)10-17(13)20-18(22)6-3-9-23-16-5-2-4-15(19)11-16/h2,4-5,7-8,10-11,21H,3,6,9,12H2,1H3,(H,20,22). The normalized spacial score (nSPS) is 10.4. The summed E-state index contributed by atoms with van der Waals surface area (Å²) in [5, 5.41) is 12.0. The molecule has 122 valence electrons. The van der Waals surface area contributed by atoms with Crippen LogP contribution in [-0.2, 0) is 11.4 Å². The number of benzene rings is 2. The van der Waals surface area contributed by atoms with Crippen LogP contribution >= 0.6 is 0 Å². The average Bonchev–Trinajstić information content (AvgIpc) is 2.54. The van der Waals surface area contributed by atoms with Gasteiger partial charge in [-0.15, -0.1) is 0 Å². The van der Waals surface area contributed by atoms with Crippen LogP contribution in [0.4, 0.5) is 10.1 Å². The predicted octanol–water partition coefficient (Wildman–Crippen LogP) is 3.42. The van der Waals surface area contributed by atoms with Gasteiger partial charge in [-0.1, -0.05) is 18.2 Å². The number of carbonyl (C=O) groups excluding carboxylic acids is 1. The number of hydrogen-bond acceptors (Lipinski definition) is 3. The van der Waals surface area contributed by atoms with E-state index in [1.165, 1.54) is 12.1 Å². The lowest BCUT2D eigenvalue weighted by molar-refractivity contribution is -0.116. The molecule has 1 amide bonds. The molecule has 0 saturated carbocycles. The van der Waals surface area contributed by atoms with Crippen LogP contribution in [0.5, 0.6) is 5.75 Å². The number of ether oxygens (including phenoxy) is 1. The Bertz CT molecular complexity index is 673. The maximum absolute atomic E-state index is 13.0. The van der Waals surface area contributed by atoms with E-state index in [9.17, 15) is 9.18 Å². The van der Waals surface area contributed by atoms with E-state index >= 15 is 0 Å². The van der Waals surface area contributed by atoms with Crippen LogP contribution in [0, 0.1) is 12.7 Å². The van der Waals surface area contributed by atoms with E-state index in [2.05, 4.69) is 5.32 Å². The first kappa shape index (κ1) is 17.0. The summed E-state index contributed by atoms with van der Waals surface area (Å²) in [5.41, 5.74) is 2.39. The highest BCUT2D eigenvalue weighted by Gasteiger charge is 2.06. The summed E-state index contributed by atoms with van der Waals surface area (Å²) < 4.78 is 18.4. The van der Waals surface area contributed by atoms with Crippen molar-refractivity contribution in [3.05, 3.63) is 59.4 Å². The topological polar surface area (TPSA) is 58.6 Å². The Morgan fingerprint density at radius 2 is 2.09 bits per heavy atom. The Balaban J connectivity index is 1.77. The van der Waals surface area contributed by atoms with Crippen LogP contribution in [0.2, 0.25) is 0 Å². The molecule has 0 aliphatic carbocycles. The lowest BCUT2D eigenvalue weighted by atomic mass is 10.1. The molecule has 5 heteroatoms. The van der Waals surface area contributed by atoms with Crippen molar-refractivity contribution in [2.75, 3.05) is 11.9 Å². The zero-order valence-electron chi connectivity index (χ0n) is 13.0. The third-order valence-electron chi connectivity index (χ3n) is 3.37. The number of amides is 1. The number of rotatable bonds is 7. The summed E-state index contributed by atoms with van der Waals surface area (Å²) in [6, 6.07) is 11.3. The molecule has 0 aliphatic heterocycles. The van der Waals surface area contributed by atoms with Crippen LogP contribution in [0.15, 0.2) is 42.5 Å². The lowest BCUT2D eigenvalue weighted by Gasteiger charge is -2.10. The van der Waals surface area contributed by atoms with Crippen LogP contribution in [-0.4, -0.2) is 17.6 Å². The van der Waals surface area contributed by atoms with Gasteiger partial charge in [0.15, 0.2) is 0 Å². The molecule has 0 atom stereocenters. The summed E-state index contributed by atoms with van der Waals surface area (Å²) in [5.74, 6) is -0.0117. The van der Waals surface area contributed by atoms with Gasteiger partial charge in [-0.25, -0.2) is 4.39 Å². The fourth-order valence-corrected chi connectivity index (χ4v) is 2.09. The molecular formula is C18H20FNO3. The summed E-state index contributed by atoms with van der Waals surface area (Å²) in [7, 11) is 0. The Labute approximate surface area is 134 Å². The van der Waals surface area contributed by atoms with Crippen LogP contribution in [0.3, 0.4) is 0 Å². The van der Waals surface area contributed by atoms with Crippen molar-refractivity contribution >= 4 is 11.6 Å². The van der Waals surface area contributed by atoms with E-state index < -0.39 is 0 Å². The van der Waals surface area contributed by atoms with Crippen molar-refractivity contribution in [2.24, 2.45) is 0 Å². The van der Waals surface area contributed by atoms with Crippen molar-refractivity contribution in [2.45, 2.75) is 26.4 Å². The number of nitrogens with one attached hydrogen (secondary N) is 1. The van der Waals surface area contributed by atoms with Gasteiger partial charge in [0.2, 0.25) is 5.91 Å². The Morgan fingerprint density at radius 1 is 1.26 bits per heavy atom. The largest absolute Gasteiger partial charge is 0.493 e. The second-order valence-electron chi connectivity index (χ2n) is 5.26. The molecule has 0 heterocycles. The molecule has 2 aromatic rings. The molecule has 0 aromatic heterocycles. The van der Waals surface area contributed by atoms with E-state index in [1.807, 2.05) is 19.1 Å². The number of aryl methyl sites for hydroxylation is 1. The highest BCUT2D eigenvalue weighted by molar-refractivity contribution is 5.91. The first-order chi connectivity index (χ1) is 11.1. The van der Waals surface area contributed by atoms with Crippen molar-refractivity contribution in [3.8, 4) is 5.75 Å². The third-order valence-corrected chi connectivity index (χ3v) is 3.37. The van der Waals surface area contributed by atoms with Crippen LogP contribution in [0.25, 0.3) is 0 Å². The van der Waals surface area contributed by atoms with Crippen LogP contribution in [0.1, 0.15) is 24.0 Å². The van der Waals surface area contributed by atoms with E-state index in [0.29, 0.717) is 30.9 Å². The minimum atomic E-state index is -0.348. The van der Waals surface area contributed by atoms with Gasteiger partial charge in [-0.05, 0) is 42.7 Å². The molecule has 2 rings (SSSR count). The number of aliphatic hydroxyl groups is 1. The lowest BCUT2D eigenvalue weighted by Crippen LogP contribution is -2.14. The second kappa shape index (κ2) is 8.29. The molecule has 23 heavy (non-hydrogen) atoms. The fraction of sp³-hybridized carbons (Fsp3) is 0.278. The van der Waals surface area contributed by atoms with Gasteiger partial charge in [-0.3, -0.25) is 4.79 Å². The van der Waals surface area contributed by atoms with E-state index in [4.69, 9.17) is 9.84 Å². The van der Waals surface area contributed by atoms with Gasteiger partial charge in [0.25, 0.3) is 0 Å². The number of halogens is 1. The van der Waals surface area contributed by atoms with Gasteiger partial charge in [0, 0.05) is 18.2 Å². The minimum absolute atomic E-state index is 0.0649. The Morgan fingerprint density at radius 3 is 2.83 bits per heavy atom. The van der Waals surface area contributed by atoms with Crippen molar-refractivity contribution in [1.29, 1.82) is 0 Å². The summed E-state index contributed by atoms with van der Waals surface area (Å²) in [6.07, 6.45) is 0.833. The monoisotopic (exact) mass is 317 g/mol. The predicted molar refractivity (Wildman–Crippen MR) is 86.9 cm³/mol. The van der Waals surface area contributed by atoms with E-state index in [-0.39, 0.29) is 18.3 Å². The number of carbonyl (C=O) groups is 1. The molecule has 0 unspecified atom stereocenters. The third kappa shape index (κ3) is 5.38. The van der Waals surface area contributed by atoms with Gasteiger partial charge in [0.1, 0.15) is 11.6 Å². The molecule has 0 bridgehead atoms. The average molecular weight is 317 g/mol. The summed E-state index contributed by atoms with van der Waals surface area (Å²) in [4.78, 5) is 11.9. The van der Waals surface area contributed by atoms with Crippen LogP contribution < -0.4 is 10.1 Å². The fourth-order valence-electron chi connectivity index (χ4n) is 2.09. The molecule has 2 aromatic carbocycles. The molecule has 0 saturated heterocycles. The van der Waals surface area contributed by atoms with Gasteiger partial charge in [0.05, 0.1) is 13.2 Å². The second-order valence-corrected chi connectivity index (χ2v) is 5.26. The molecule has 0 aliphatic rings. The number of anilines is 1. The van der Waals surface area contributed by atoms with Gasteiger partial charge >= 0.3 is 0 Å². The highest BCUT2D eigenvalue weighted by atomic mass is 19.1. The van der Waals surface area contributed by atoms with Crippen molar-refractivity contribution < 1.29 is 19.0 Å². The minimum Gasteiger partial charge on any atom is -0.493 e. The highest BCUT2D eigenvalue weighted by Crippen LogP contribution is 2.17. The summed E-state index contributed by atoms with van der Waals surface area (Å²) >= 11 is 0. The molecule has 0 spiro atoms. The summed E-state index contributed by atoms with van der Waals surface area (Å²) in [6.45, 7) is 2.17.